The second-order valence-corrected chi connectivity index (χ2v) is 2.85. The molecule has 4 nitrogen and oxygen atoms in total. The van der Waals surface area contributed by atoms with Gasteiger partial charge in [0.2, 0.25) is 5.91 Å². The first-order valence-corrected chi connectivity index (χ1v) is 4.44. The normalized spacial score (nSPS) is 21.8. The van der Waals surface area contributed by atoms with E-state index in [1.807, 2.05) is 6.92 Å². The van der Waals surface area contributed by atoms with Gasteiger partial charge in [-0.15, -0.1) is 12.4 Å². The van der Waals surface area contributed by atoms with Gasteiger partial charge in [0.15, 0.2) is 0 Å². The third-order valence-corrected chi connectivity index (χ3v) is 1.77. The lowest BCUT2D eigenvalue weighted by molar-refractivity contribution is -0.134. The first kappa shape index (κ1) is 12.7. The molecular weight excluding hydrogens is 192 g/mol. The van der Waals surface area contributed by atoms with Crippen molar-refractivity contribution in [1.82, 2.24) is 10.6 Å². The zero-order valence-electron chi connectivity index (χ0n) is 7.84. The van der Waals surface area contributed by atoms with Crippen LogP contribution in [0.5, 0.6) is 0 Å². The third-order valence-electron chi connectivity index (χ3n) is 1.77. The van der Waals surface area contributed by atoms with Crippen LogP contribution >= 0.6 is 12.4 Å². The van der Waals surface area contributed by atoms with Crippen LogP contribution in [0.2, 0.25) is 0 Å². The molecule has 1 rings (SSSR count). The van der Waals surface area contributed by atoms with Gasteiger partial charge in [-0.2, -0.15) is 0 Å². The second-order valence-electron chi connectivity index (χ2n) is 2.85. The number of ether oxygens (including phenoxy) is 1. The molecule has 13 heavy (non-hydrogen) atoms. The average molecular weight is 209 g/mol. The molecule has 0 aromatic heterocycles. The summed E-state index contributed by atoms with van der Waals surface area (Å²) in [5.41, 5.74) is 0. The van der Waals surface area contributed by atoms with Gasteiger partial charge in [0.1, 0.15) is 6.10 Å². The maximum absolute atomic E-state index is 11.3. The van der Waals surface area contributed by atoms with Crippen LogP contribution in [0.15, 0.2) is 0 Å². The van der Waals surface area contributed by atoms with Crippen LogP contribution in [0.25, 0.3) is 0 Å². The molecule has 0 spiro atoms. The Morgan fingerprint density at radius 2 is 2.46 bits per heavy atom. The molecule has 1 heterocycles. The Kier molecular flexibility index (Phi) is 6.94. The molecule has 5 heteroatoms. The molecule has 78 valence electrons. The highest BCUT2D eigenvalue weighted by atomic mass is 35.5. The predicted octanol–water partition coefficient (Wildman–Crippen LogP) is -0.0772. The van der Waals surface area contributed by atoms with E-state index in [1.54, 1.807) is 0 Å². The molecule has 1 amide bonds. The van der Waals surface area contributed by atoms with E-state index in [0.717, 1.165) is 19.5 Å². The number of hydrogen-bond donors (Lipinski definition) is 2. The quantitative estimate of drug-likeness (QED) is 0.683. The molecule has 1 aliphatic heterocycles. The minimum Gasteiger partial charge on any atom is -0.366 e. The summed E-state index contributed by atoms with van der Waals surface area (Å²) < 4.78 is 5.26. The minimum absolute atomic E-state index is 0. The van der Waals surface area contributed by atoms with Crippen molar-refractivity contribution in [3.63, 3.8) is 0 Å². The van der Waals surface area contributed by atoms with Crippen LogP contribution in [-0.2, 0) is 9.53 Å². The van der Waals surface area contributed by atoms with Crippen molar-refractivity contribution in [1.29, 1.82) is 0 Å². The SMILES string of the molecule is CCCNC(=O)[C@@H]1CNCCO1.Cl. The monoisotopic (exact) mass is 208 g/mol. The number of rotatable bonds is 3. The lowest BCUT2D eigenvalue weighted by Crippen LogP contribution is -2.47. The molecule has 0 saturated carbocycles. The number of hydrogen-bond acceptors (Lipinski definition) is 3. The number of halogens is 1. The van der Waals surface area contributed by atoms with Gasteiger partial charge in [0.05, 0.1) is 6.61 Å². The van der Waals surface area contributed by atoms with Crippen molar-refractivity contribution in [2.75, 3.05) is 26.2 Å². The molecule has 1 fully saturated rings. The third kappa shape index (κ3) is 4.45. The molecule has 0 aromatic carbocycles. The molecule has 2 N–H and O–H groups in total. The van der Waals surface area contributed by atoms with Crippen molar-refractivity contribution in [3.05, 3.63) is 0 Å². The van der Waals surface area contributed by atoms with Crippen molar-refractivity contribution in [2.24, 2.45) is 0 Å². The average Bonchev–Trinajstić information content (AvgIpc) is 2.15. The molecule has 1 aliphatic rings. The van der Waals surface area contributed by atoms with Gasteiger partial charge < -0.3 is 15.4 Å². The van der Waals surface area contributed by atoms with Gasteiger partial charge in [-0.05, 0) is 6.42 Å². The smallest absolute Gasteiger partial charge is 0.250 e. The van der Waals surface area contributed by atoms with Crippen LogP contribution in [0.4, 0.5) is 0 Å². The van der Waals surface area contributed by atoms with E-state index in [9.17, 15) is 4.79 Å². The Morgan fingerprint density at radius 1 is 1.69 bits per heavy atom. The Hall–Kier alpha value is -0.320. The Morgan fingerprint density at radius 3 is 3.00 bits per heavy atom. The topological polar surface area (TPSA) is 50.4 Å². The highest BCUT2D eigenvalue weighted by Crippen LogP contribution is 1.95. The first-order valence-electron chi connectivity index (χ1n) is 4.44. The molecule has 0 aromatic rings. The Bertz CT molecular complexity index is 149. The lowest BCUT2D eigenvalue weighted by Gasteiger charge is -2.22. The van der Waals surface area contributed by atoms with E-state index in [1.165, 1.54) is 0 Å². The van der Waals surface area contributed by atoms with Gasteiger partial charge in [0, 0.05) is 19.6 Å². The van der Waals surface area contributed by atoms with Crippen LogP contribution in [0, 0.1) is 0 Å². The van der Waals surface area contributed by atoms with Crippen molar-refractivity contribution >= 4 is 18.3 Å². The van der Waals surface area contributed by atoms with Crippen molar-refractivity contribution in [2.45, 2.75) is 19.4 Å². The standard InChI is InChI=1S/C8H16N2O2.ClH/c1-2-3-10-8(11)7-6-9-4-5-12-7;/h7,9H,2-6H2,1H3,(H,10,11);1H/t7-;/m0./s1. The van der Waals surface area contributed by atoms with E-state index < -0.39 is 0 Å². The van der Waals surface area contributed by atoms with Gasteiger partial charge in [0.25, 0.3) is 0 Å². The summed E-state index contributed by atoms with van der Waals surface area (Å²) in [7, 11) is 0. The highest BCUT2D eigenvalue weighted by molar-refractivity contribution is 5.85. The predicted molar refractivity (Wildman–Crippen MR) is 53.2 cm³/mol. The summed E-state index contributed by atoms with van der Waals surface area (Å²) in [6.45, 7) is 4.87. The zero-order chi connectivity index (χ0) is 8.81. The van der Waals surface area contributed by atoms with Crippen molar-refractivity contribution < 1.29 is 9.53 Å². The summed E-state index contributed by atoms with van der Waals surface area (Å²) in [5.74, 6) is 0.00375. The molecule has 0 bridgehead atoms. The molecule has 1 saturated heterocycles. The molecule has 0 radical (unpaired) electrons. The summed E-state index contributed by atoms with van der Waals surface area (Å²) in [6.07, 6.45) is 0.677. The molecule has 0 aliphatic carbocycles. The Balaban J connectivity index is 0.00000144. The largest absolute Gasteiger partial charge is 0.366 e. The van der Waals surface area contributed by atoms with Gasteiger partial charge >= 0.3 is 0 Å². The van der Waals surface area contributed by atoms with E-state index in [-0.39, 0.29) is 24.4 Å². The number of amides is 1. The van der Waals surface area contributed by atoms with Crippen LogP contribution in [-0.4, -0.2) is 38.3 Å². The lowest BCUT2D eigenvalue weighted by atomic mass is 10.3. The van der Waals surface area contributed by atoms with Crippen molar-refractivity contribution in [3.8, 4) is 0 Å². The highest BCUT2D eigenvalue weighted by Gasteiger charge is 2.20. The molecular formula is C8H17ClN2O2. The van der Waals surface area contributed by atoms with Gasteiger partial charge in [-0.25, -0.2) is 0 Å². The minimum atomic E-state index is -0.287. The second kappa shape index (κ2) is 7.12. The van der Waals surface area contributed by atoms with E-state index in [4.69, 9.17) is 4.74 Å². The number of carbonyl (C=O) groups excluding carboxylic acids is 1. The van der Waals surface area contributed by atoms with Gasteiger partial charge in [-0.1, -0.05) is 6.92 Å². The van der Waals surface area contributed by atoms with Gasteiger partial charge in [-0.3, -0.25) is 4.79 Å². The fourth-order valence-corrected chi connectivity index (χ4v) is 1.10. The fraction of sp³-hybridized carbons (Fsp3) is 0.875. The summed E-state index contributed by atoms with van der Waals surface area (Å²) in [4.78, 5) is 11.3. The van der Waals surface area contributed by atoms with E-state index >= 15 is 0 Å². The zero-order valence-corrected chi connectivity index (χ0v) is 8.65. The first-order chi connectivity index (χ1) is 5.84. The number of nitrogens with one attached hydrogen (secondary N) is 2. The fourth-order valence-electron chi connectivity index (χ4n) is 1.10. The van der Waals surface area contributed by atoms with Crippen LogP contribution < -0.4 is 10.6 Å². The van der Waals surface area contributed by atoms with Crippen LogP contribution in [0.1, 0.15) is 13.3 Å². The molecule has 1 atom stereocenters. The summed E-state index contributed by atoms with van der Waals surface area (Å²) >= 11 is 0. The van der Waals surface area contributed by atoms with E-state index in [2.05, 4.69) is 10.6 Å². The summed E-state index contributed by atoms with van der Waals surface area (Å²) in [6, 6.07) is 0. The number of morpholine rings is 1. The maximum Gasteiger partial charge on any atom is 0.250 e. The summed E-state index contributed by atoms with van der Waals surface area (Å²) in [5, 5.41) is 5.90. The number of carbonyl (C=O) groups is 1. The Labute approximate surface area is 84.8 Å². The van der Waals surface area contributed by atoms with Crippen LogP contribution in [0.3, 0.4) is 0 Å². The van der Waals surface area contributed by atoms with E-state index in [0.29, 0.717) is 13.2 Å². The maximum atomic E-state index is 11.3. The molecule has 0 unspecified atom stereocenters.